The van der Waals surface area contributed by atoms with Gasteiger partial charge in [0.05, 0.1) is 17.0 Å². The van der Waals surface area contributed by atoms with E-state index in [0.717, 1.165) is 28.2 Å². The van der Waals surface area contributed by atoms with Crippen molar-refractivity contribution in [1.29, 1.82) is 0 Å². The summed E-state index contributed by atoms with van der Waals surface area (Å²) < 4.78 is 7.37. The first kappa shape index (κ1) is 12.2. The fourth-order valence-electron chi connectivity index (χ4n) is 2.38. The summed E-state index contributed by atoms with van der Waals surface area (Å²) in [7, 11) is 0. The molecule has 3 nitrogen and oxygen atoms in total. The van der Waals surface area contributed by atoms with Crippen LogP contribution < -0.4 is 0 Å². The molecule has 4 heteroatoms. The van der Waals surface area contributed by atoms with Gasteiger partial charge in [-0.2, -0.15) is 0 Å². The molecule has 3 aromatic heterocycles. The number of halogens is 1. The highest BCUT2D eigenvalue weighted by atomic mass is 35.5. The van der Waals surface area contributed by atoms with Crippen molar-refractivity contribution in [2.24, 2.45) is 0 Å². The first-order chi connectivity index (χ1) is 10.3. The third-order valence-electron chi connectivity index (χ3n) is 3.38. The number of rotatable bonds is 2. The minimum atomic E-state index is 0.691. The monoisotopic (exact) mass is 294 g/mol. The molecule has 0 bridgehead atoms. The Kier molecular flexibility index (Phi) is 2.79. The van der Waals surface area contributed by atoms with Gasteiger partial charge in [0.1, 0.15) is 11.4 Å². The smallest absolute Gasteiger partial charge is 0.137 e. The third-order valence-corrected chi connectivity index (χ3v) is 3.60. The second kappa shape index (κ2) is 4.79. The number of nitrogens with zero attached hydrogens (tertiary/aromatic N) is 2. The normalized spacial score (nSPS) is 11.1. The van der Waals surface area contributed by atoms with E-state index in [9.17, 15) is 0 Å². The molecule has 0 fully saturated rings. The molecule has 0 amide bonds. The molecule has 0 saturated heterocycles. The number of furan rings is 1. The summed E-state index contributed by atoms with van der Waals surface area (Å²) in [5.41, 5.74) is 3.86. The molecule has 1 aromatic carbocycles. The first-order valence-electron chi connectivity index (χ1n) is 6.58. The van der Waals surface area contributed by atoms with Crippen molar-refractivity contribution >= 4 is 17.2 Å². The van der Waals surface area contributed by atoms with Gasteiger partial charge in [0.2, 0.25) is 0 Å². The van der Waals surface area contributed by atoms with Crippen molar-refractivity contribution in [2.75, 3.05) is 0 Å². The molecule has 0 radical (unpaired) electrons. The lowest BCUT2D eigenvalue weighted by Crippen LogP contribution is -1.79. The summed E-state index contributed by atoms with van der Waals surface area (Å²) in [5.74, 6) is 0.851. The molecule has 21 heavy (non-hydrogen) atoms. The molecule has 0 spiro atoms. The Morgan fingerprint density at radius 3 is 2.71 bits per heavy atom. The molecule has 4 aromatic rings. The van der Waals surface area contributed by atoms with Crippen LogP contribution in [0, 0.1) is 0 Å². The molecule has 4 rings (SSSR count). The van der Waals surface area contributed by atoms with E-state index in [2.05, 4.69) is 11.1 Å². The van der Waals surface area contributed by atoms with Crippen molar-refractivity contribution in [3.05, 3.63) is 72.2 Å². The Bertz CT molecular complexity index is 910. The van der Waals surface area contributed by atoms with E-state index in [1.54, 1.807) is 6.26 Å². The molecular formula is C17H11ClN2O. The minimum absolute atomic E-state index is 0.691. The van der Waals surface area contributed by atoms with Gasteiger partial charge in [-0.25, -0.2) is 4.98 Å². The maximum Gasteiger partial charge on any atom is 0.137 e. The molecule has 0 N–H and O–H groups in total. The number of imidazole rings is 1. The second-order valence-corrected chi connectivity index (χ2v) is 5.23. The summed E-state index contributed by atoms with van der Waals surface area (Å²) >= 11 is 6.01. The molecule has 0 aliphatic heterocycles. The number of pyridine rings is 1. The van der Waals surface area contributed by atoms with Gasteiger partial charge in [0.25, 0.3) is 0 Å². The fraction of sp³-hybridized carbons (Fsp3) is 0. The van der Waals surface area contributed by atoms with E-state index in [1.807, 2.05) is 59.3 Å². The van der Waals surface area contributed by atoms with E-state index < -0.39 is 0 Å². The average Bonchev–Trinajstić information content (AvgIpc) is 3.16. The van der Waals surface area contributed by atoms with Crippen LogP contribution in [0.2, 0.25) is 5.02 Å². The third kappa shape index (κ3) is 2.22. The highest BCUT2D eigenvalue weighted by Crippen LogP contribution is 2.26. The number of hydrogen-bond acceptors (Lipinski definition) is 2. The highest BCUT2D eigenvalue weighted by Gasteiger charge is 2.07. The molecular weight excluding hydrogens is 284 g/mol. The Morgan fingerprint density at radius 1 is 0.952 bits per heavy atom. The average molecular weight is 295 g/mol. The van der Waals surface area contributed by atoms with Crippen LogP contribution in [0.25, 0.3) is 28.2 Å². The van der Waals surface area contributed by atoms with Crippen LogP contribution in [-0.2, 0) is 0 Å². The molecule has 0 saturated carbocycles. The summed E-state index contributed by atoms with van der Waals surface area (Å²) in [6.45, 7) is 0. The Hall–Kier alpha value is -2.52. The van der Waals surface area contributed by atoms with Gasteiger partial charge >= 0.3 is 0 Å². The van der Waals surface area contributed by atoms with Gasteiger partial charge in [-0.3, -0.25) is 0 Å². The van der Waals surface area contributed by atoms with Gasteiger partial charge in [0.15, 0.2) is 0 Å². The topological polar surface area (TPSA) is 30.4 Å². The van der Waals surface area contributed by atoms with Gasteiger partial charge in [0, 0.05) is 23.5 Å². The molecule has 102 valence electrons. The maximum atomic E-state index is 6.01. The van der Waals surface area contributed by atoms with Gasteiger partial charge in [-0.15, -0.1) is 0 Å². The van der Waals surface area contributed by atoms with E-state index in [1.165, 1.54) is 0 Å². The van der Waals surface area contributed by atoms with Crippen LogP contribution in [0.15, 0.2) is 71.6 Å². The minimum Gasteiger partial charge on any atom is -0.464 e. The van der Waals surface area contributed by atoms with Gasteiger partial charge in [-0.05, 0) is 30.3 Å². The van der Waals surface area contributed by atoms with Crippen molar-refractivity contribution < 1.29 is 4.42 Å². The SMILES string of the molecule is Clc1ccc2nc(-c3cccc(-c4ccco4)c3)cn2c1. The standard InChI is InChI=1S/C17H11ClN2O/c18-14-6-7-17-19-15(11-20(17)10-14)12-3-1-4-13(9-12)16-5-2-8-21-16/h1-11H. The fourth-order valence-corrected chi connectivity index (χ4v) is 2.55. The lowest BCUT2D eigenvalue weighted by molar-refractivity contribution is 0.582. The Labute approximate surface area is 126 Å². The number of hydrogen-bond donors (Lipinski definition) is 0. The Balaban J connectivity index is 1.83. The maximum absolute atomic E-state index is 6.01. The van der Waals surface area contributed by atoms with Crippen LogP contribution in [-0.4, -0.2) is 9.38 Å². The summed E-state index contributed by atoms with van der Waals surface area (Å²) in [5, 5.41) is 0.691. The summed E-state index contributed by atoms with van der Waals surface area (Å²) in [6.07, 6.45) is 5.50. The number of fused-ring (bicyclic) bond motifs is 1. The molecule has 0 atom stereocenters. The van der Waals surface area contributed by atoms with E-state index in [-0.39, 0.29) is 0 Å². The van der Waals surface area contributed by atoms with Crippen LogP contribution in [0.4, 0.5) is 0 Å². The first-order valence-corrected chi connectivity index (χ1v) is 6.96. The Morgan fingerprint density at radius 2 is 1.86 bits per heavy atom. The molecule has 0 aliphatic carbocycles. The largest absolute Gasteiger partial charge is 0.464 e. The van der Waals surface area contributed by atoms with E-state index in [4.69, 9.17) is 16.0 Å². The van der Waals surface area contributed by atoms with E-state index >= 15 is 0 Å². The van der Waals surface area contributed by atoms with Crippen molar-refractivity contribution in [3.63, 3.8) is 0 Å². The lowest BCUT2D eigenvalue weighted by Gasteiger charge is -2.00. The number of aromatic nitrogens is 2. The van der Waals surface area contributed by atoms with Crippen molar-refractivity contribution in [2.45, 2.75) is 0 Å². The van der Waals surface area contributed by atoms with Crippen LogP contribution in [0.1, 0.15) is 0 Å². The lowest BCUT2D eigenvalue weighted by atomic mass is 10.1. The van der Waals surface area contributed by atoms with Gasteiger partial charge < -0.3 is 8.82 Å². The van der Waals surface area contributed by atoms with Crippen molar-refractivity contribution in [3.8, 4) is 22.6 Å². The van der Waals surface area contributed by atoms with E-state index in [0.29, 0.717) is 5.02 Å². The zero-order chi connectivity index (χ0) is 14.2. The second-order valence-electron chi connectivity index (χ2n) is 4.80. The van der Waals surface area contributed by atoms with Crippen LogP contribution in [0.5, 0.6) is 0 Å². The van der Waals surface area contributed by atoms with Crippen LogP contribution in [0.3, 0.4) is 0 Å². The molecule has 0 aliphatic rings. The van der Waals surface area contributed by atoms with Gasteiger partial charge in [-0.1, -0.05) is 29.8 Å². The van der Waals surface area contributed by atoms with Crippen LogP contribution >= 0.6 is 11.6 Å². The predicted molar refractivity (Wildman–Crippen MR) is 83.3 cm³/mol. The molecule has 3 heterocycles. The summed E-state index contributed by atoms with van der Waals surface area (Å²) in [6, 6.07) is 15.7. The zero-order valence-corrected chi connectivity index (χ0v) is 11.8. The predicted octanol–water partition coefficient (Wildman–Crippen LogP) is 4.91. The highest BCUT2D eigenvalue weighted by molar-refractivity contribution is 6.30. The molecule has 0 unspecified atom stereocenters. The summed E-state index contributed by atoms with van der Waals surface area (Å²) in [4.78, 5) is 4.62. The quantitative estimate of drug-likeness (QED) is 0.525. The number of benzene rings is 1. The van der Waals surface area contributed by atoms with Crippen molar-refractivity contribution in [1.82, 2.24) is 9.38 Å². The zero-order valence-electron chi connectivity index (χ0n) is 11.0.